The van der Waals surface area contributed by atoms with Crippen LogP contribution < -0.4 is 4.90 Å². The number of nitrogens with zero attached hydrogens (tertiary/aromatic N) is 1. The molecule has 9 aromatic rings. The van der Waals surface area contributed by atoms with Crippen molar-refractivity contribution in [2.24, 2.45) is 0 Å². The maximum Gasteiger partial charge on any atom is 0.0726 e. The summed E-state index contributed by atoms with van der Waals surface area (Å²) in [5.41, 5.74) is 15.2. The van der Waals surface area contributed by atoms with Crippen LogP contribution in [-0.2, 0) is 5.41 Å². The topological polar surface area (TPSA) is 3.24 Å². The van der Waals surface area contributed by atoms with E-state index in [1.54, 1.807) is 0 Å². The molecule has 0 N–H and O–H groups in total. The molecular weight excluding hydrogens is 651 g/mol. The van der Waals surface area contributed by atoms with Gasteiger partial charge in [0.1, 0.15) is 0 Å². The Hall–Kier alpha value is -6.96. The first-order valence-corrected chi connectivity index (χ1v) is 18.3. The molecule has 1 unspecified atom stereocenters. The van der Waals surface area contributed by atoms with Crippen LogP contribution >= 0.6 is 0 Å². The average molecular weight is 691 g/mol. The molecular formula is C53H35N. The molecule has 2 aliphatic carbocycles. The molecule has 0 aromatic heterocycles. The van der Waals surface area contributed by atoms with Crippen LogP contribution in [0.3, 0.4) is 0 Å². The third-order valence-corrected chi connectivity index (χ3v) is 11.3. The first-order chi connectivity index (χ1) is 28.8. The normalized spacial score (nSPS) is 16.0. The summed E-state index contributed by atoms with van der Waals surface area (Å²) < 4.78 is 42.0. The number of benzene rings is 9. The lowest BCUT2D eigenvalue weighted by atomic mass is 9.70. The molecule has 1 atom stereocenters. The maximum atomic E-state index is 8.64. The van der Waals surface area contributed by atoms with Gasteiger partial charge in [-0.1, -0.05) is 164 Å². The molecule has 54 heavy (non-hydrogen) atoms. The Morgan fingerprint density at radius 2 is 0.815 bits per heavy atom. The van der Waals surface area contributed by atoms with Gasteiger partial charge < -0.3 is 4.90 Å². The van der Waals surface area contributed by atoms with Crippen molar-refractivity contribution in [3.05, 3.63) is 234 Å². The van der Waals surface area contributed by atoms with Crippen molar-refractivity contribution in [2.75, 3.05) is 4.90 Å². The van der Waals surface area contributed by atoms with Crippen molar-refractivity contribution in [3.63, 3.8) is 0 Å². The molecule has 0 radical (unpaired) electrons. The third-order valence-electron chi connectivity index (χ3n) is 11.3. The van der Waals surface area contributed by atoms with Crippen LogP contribution in [0.25, 0.3) is 55.3 Å². The van der Waals surface area contributed by atoms with Crippen LogP contribution in [0, 0.1) is 0 Å². The van der Waals surface area contributed by atoms with Crippen LogP contribution in [-0.4, -0.2) is 0 Å². The Morgan fingerprint density at radius 1 is 0.333 bits per heavy atom. The lowest BCUT2D eigenvalue weighted by Gasteiger charge is -2.32. The van der Waals surface area contributed by atoms with Crippen molar-refractivity contribution >= 4 is 27.8 Å². The van der Waals surface area contributed by atoms with E-state index in [2.05, 4.69) is 144 Å². The van der Waals surface area contributed by atoms with Crippen LogP contribution in [0.5, 0.6) is 0 Å². The molecule has 1 spiro atoms. The first-order valence-electron chi connectivity index (χ1n) is 20.8. The molecule has 0 heterocycles. The number of hydrogen-bond acceptors (Lipinski definition) is 1. The molecule has 0 bridgehead atoms. The van der Waals surface area contributed by atoms with Crippen LogP contribution in [0.2, 0.25) is 0 Å². The molecule has 1 nitrogen and oxygen atoms in total. The molecule has 0 saturated carbocycles. The zero-order valence-corrected chi connectivity index (χ0v) is 29.3. The monoisotopic (exact) mass is 690 g/mol. The highest BCUT2D eigenvalue weighted by molar-refractivity contribution is 6.00. The molecule has 0 amide bonds. The summed E-state index contributed by atoms with van der Waals surface area (Å²) in [6, 6.07) is 63.0. The minimum atomic E-state index is -0.550. The number of rotatable bonds is 5. The number of hydrogen-bond donors (Lipinski definition) is 0. The second-order valence-electron chi connectivity index (χ2n) is 14.1. The van der Waals surface area contributed by atoms with Crippen molar-refractivity contribution in [3.8, 4) is 44.5 Å². The summed E-state index contributed by atoms with van der Waals surface area (Å²) in [5, 5.41) is 2.43. The van der Waals surface area contributed by atoms with E-state index >= 15 is 0 Å². The van der Waals surface area contributed by atoms with E-state index in [0.29, 0.717) is 5.56 Å². The maximum absolute atomic E-state index is 8.64. The summed E-state index contributed by atoms with van der Waals surface area (Å²) in [6.45, 7) is 0. The zero-order chi connectivity index (χ0) is 40.0. The predicted molar refractivity (Wildman–Crippen MR) is 226 cm³/mol. The van der Waals surface area contributed by atoms with Crippen LogP contribution in [0.15, 0.2) is 212 Å². The number of anilines is 3. The van der Waals surface area contributed by atoms with Gasteiger partial charge in [0, 0.05) is 17.1 Å². The van der Waals surface area contributed by atoms with Gasteiger partial charge in [0.05, 0.1) is 12.3 Å². The molecule has 0 saturated heterocycles. The summed E-state index contributed by atoms with van der Waals surface area (Å²) in [6.07, 6.45) is 0. The summed E-state index contributed by atoms with van der Waals surface area (Å²) >= 11 is 0. The fourth-order valence-corrected chi connectivity index (χ4v) is 9.00. The van der Waals surface area contributed by atoms with Gasteiger partial charge in [-0.2, -0.15) is 0 Å². The summed E-state index contributed by atoms with van der Waals surface area (Å²) in [4.78, 5) is 2.25. The van der Waals surface area contributed by atoms with Crippen molar-refractivity contribution in [2.45, 2.75) is 5.41 Å². The molecule has 11 rings (SSSR count). The highest BCUT2D eigenvalue weighted by Crippen LogP contribution is 2.63. The lowest BCUT2D eigenvalue weighted by molar-refractivity contribution is 0.795. The van der Waals surface area contributed by atoms with Gasteiger partial charge >= 0.3 is 0 Å². The van der Waals surface area contributed by atoms with E-state index in [9.17, 15) is 0 Å². The van der Waals surface area contributed by atoms with E-state index in [-0.39, 0.29) is 29.7 Å². The van der Waals surface area contributed by atoms with Gasteiger partial charge in [-0.05, 0) is 126 Å². The molecule has 2 aliphatic rings. The van der Waals surface area contributed by atoms with E-state index < -0.39 is 11.5 Å². The van der Waals surface area contributed by atoms with Crippen LogP contribution in [0.1, 0.15) is 29.1 Å². The fraction of sp³-hybridized carbons (Fsp3) is 0.0189. The Balaban J connectivity index is 1.13. The predicted octanol–water partition coefficient (Wildman–Crippen LogP) is 14.0. The molecule has 9 aromatic carbocycles. The minimum absolute atomic E-state index is 0.185. The van der Waals surface area contributed by atoms with Gasteiger partial charge in [-0.25, -0.2) is 0 Å². The summed E-state index contributed by atoms with van der Waals surface area (Å²) in [7, 11) is 0. The van der Waals surface area contributed by atoms with Gasteiger partial charge in [0.15, 0.2) is 0 Å². The summed E-state index contributed by atoms with van der Waals surface area (Å²) in [5.74, 6) is 0. The van der Waals surface area contributed by atoms with Crippen molar-refractivity contribution in [1.29, 1.82) is 0 Å². The van der Waals surface area contributed by atoms with E-state index in [1.807, 2.05) is 42.5 Å². The standard InChI is InChI=1S/C53H35N/c1-3-13-36(14-4-1)38-23-27-42(28-24-38)54(43-29-25-39(26-30-43)37-15-5-2-6-16-37)44-31-32-47-45-19-9-11-21-49(45)53(52(47)35-44)50-22-12-10-20-46(50)48-33-40-17-7-8-18-41(40)34-51(48)53/h1-35H/i1D,3D,4D,13D,14D. The largest absolute Gasteiger partial charge is 0.310 e. The first kappa shape index (κ1) is 25.9. The van der Waals surface area contributed by atoms with Crippen LogP contribution in [0.4, 0.5) is 17.1 Å². The molecule has 1 heteroatoms. The quantitative estimate of drug-likeness (QED) is 0.174. The molecule has 0 aliphatic heterocycles. The Morgan fingerprint density at radius 3 is 1.48 bits per heavy atom. The number of fused-ring (bicyclic) bond motifs is 11. The molecule has 0 fully saturated rings. The second kappa shape index (κ2) is 12.0. The van der Waals surface area contributed by atoms with Gasteiger partial charge in [0.2, 0.25) is 0 Å². The van der Waals surface area contributed by atoms with E-state index in [1.165, 1.54) is 55.3 Å². The van der Waals surface area contributed by atoms with E-state index in [4.69, 9.17) is 6.85 Å². The smallest absolute Gasteiger partial charge is 0.0726 e. The Bertz CT molecular complexity index is 3130. The van der Waals surface area contributed by atoms with Crippen molar-refractivity contribution < 1.29 is 6.85 Å². The Labute approximate surface area is 323 Å². The van der Waals surface area contributed by atoms with Gasteiger partial charge in [0.25, 0.3) is 0 Å². The van der Waals surface area contributed by atoms with Gasteiger partial charge in [-0.15, -0.1) is 0 Å². The van der Waals surface area contributed by atoms with Crippen molar-refractivity contribution in [1.82, 2.24) is 0 Å². The fourth-order valence-electron chi connectivity index (χ4n) is 9.00. The SMILES string of the molecule is [2H]c1c([2H])c([2H])c(-c2ccc(N(c3ccc(-c4ccccc4)cc3)c3ccc4c(c3)C3(c5ccccc5-4)c4ccccc4-c4cc5ccccc5cc43)cc2)c([2H])c1[2H]. The average Bonchev–Trinajstić information content (AvgIpc) is 3.74. The second-order valence-corrected chi connectivity index (χ2v) is 14.1. The molecule has 252 valence electrons. The zero-order valence-electron chi connectivity index (χ0n) is 34.3. The van der Waals surface area contributed by atoms with Gasteiger partial charge in [-0.3, -0.25) is 0 Å². The third kappa shape index (κ3) is 4.52. The van der Waals surface area contributed by atoms with E-state index in [0.717, 1.165) is 28.2 Å². The minimum Gasteiger partial charge on any atom is -0.310 e. The Kier molecular flexibility index (Phi) is 5.78. The lowest BCUT2D eigenvalue weighted by Crippen LogP contribution is -2.26. The highest BCUT2D eigenvalue weighted by atomic mass is 15.1. The highest BCUT2D eigenvalue weighted by Gasteiger charge is 2.51.